The maximum atomic E-state index is 10.9. The molecule has 1 aliphatic heterocycles. The van der Waals surface area contributed by atoms with Crippen LogP contribution in [-0.2, 0) is 11.3 Å². The molecule has 4 N–H and O–H groups in total. The second-order valence-corrected chi connectivity index (χ2v) is 5.72. The van der Waals surface area contributed by atoms with Gasteiger partial charge in [0.15, 0.2) is 5.58 Å². The van der Waals surface area contributed by atoms with Crippen molar-refractivity contribution in [1.82, 2.24) is 9.88 Å². The highest BCUT2D eigenvalue weighted by Gasteiger charge is 2.21. The molecule has 0 atom stereocenters. The van der Waals surface area contributed by atoms with Crippen molar-refractivity contribution in [1.29, 1.82) is 0 Å². The van der Waals surface area contributed by atoms with Gasteiger partial charge in [0.2, 0.25) is 11.8 Å². The van der Waals surface area contributed by atoms with Gasteiger partial charge >= 0.3 is 0 Å². The Bertz CT molecular complexity index is 644. The molecule has 2 aromatic rings. The van der Waals surface area contributed by atoms with Crippen LogP contribution in [0.4, 0.5) is 5.69 Å². The Morgan fingerprint density at radius 3 is 2.86 bits per heavy atom. The van der Waals surface area contributed by atoms with Crippen LogP contribution >= 0.6 is 0 Å². The second-order valence-electron chi connectivity index (χ2n) is 5.72. The lowest BCUT2D eigenvalue weighted by molar-refractivity contribution is -0.119. The second kappa shape index (κ2) is 5.73. The Kier molecular flexibility index (Phi) is 3.79. The Balaban J connectivity index is 1.60. The smallest absolute Gasteiger partial charge is 0.217 e. The molecule has 0 spiro atoms. The molecule has 3 rings (SSSR count). The number of nitrogens with zero attached hydrogens (tertiary/aromatic N) is 2. The lowest BCUT2D eigenvalue weighted by Gasteiger charge is -2.30. The highest BCUT2D eigenvalue weighted by molar-refractivity contribution is 5.76. The molecular weight excluding hydrogens is 268 g/mol. The number of nitrogen functional groups attached to an aromatic ring is 1. The Morgan fingerprint density at radius 1 is 1.38 bits per heavy atom. The summed E-state index contributed by atoms with van der Waals surface area (Å²) in [6.07, 6.45) is 2.49. The number of rotatable bonds is 4. The van der Waals surface area contributed by atoms with Gasteiger partial charge in [-0.3, -0.25) is 9.69 Å². The highest BCUT2D eigenvalue weighted by Crippen LogP contribution is 2.23. The van der Waals surface area contributed by atoms with E-state index in [1.165, 1.54) is 0 Å². The van der Waals surface area contributed by atoms with Crippen LogP contribution in [0.5, 0.6) is 0 Å². The molecule has 0 saturated carbocycles. The molecule has 0 unspecified atom stereocenters. The number of oxazole rings is 1. The summed E-state index contributed by atoms with van der Waals surface area (Å²) < 4.78 is 5.73. The van der Waals surface area contributed by atoms with Gasteiger partial charge < -0.3 is 15.9 Å². The molecule has 1 amide bonds. The molecule has 112 valence electrons. The fourth-order valence-electron chi connectivity index (χ4n) is 2.88. The van der Waals surface area contributed by atoms with Gasteiger partial charge in [-0.05, 0) is 50.0 Å². The van der Waals surface area contributed by atoms with Crippen molar-refractivity contribution in [3.63, 3.8) is 0 Å². The molecule has 1 aromatic heterocycles. The van der Waals surface area contributed by atoms with Gasteiger partial charge in [-0.2, -0.15) is 0 Å². The number of primary amides is 1. The molecule has 1 saturated heterocycles. The Hall–Kier alpha value is -2.08. The average Bonchev–Trinajstić information content (AvgIpc) is 2.82. The number of fused-ring (bicyclic) bond motifs is 1. The standard InChI is InChI=1S/C15H20N4O2/c16-11-1-2-13-12(8-11)18-15(21-13)9-19-5-3-10(4-6-19)7-14(17)20/h1-2,8,10H,3-7,9,16H2,(H2,17,20). The third-order valence-corrected chi connectivity index (χ3v) is 4.01. The van der Waals surface area contributed by atoms with E-state index in [0.717, 1.165) is 37.0 Å². The third-order valence-electron chi connectivity index (χ3n) is 4.01. The molecule has 21 heavy (non-hydrogen) atoms. The summed E-state index contributed by atoms with van der Waals surface area (Å²) in [5, 5.41) is 0. The van der Waals surface area contributed by atoms with E-state index >= 15 is 0 Å². The van der Waals surface area contributed by atoms with Crippen LogP contribution in [0, 0.1) is 5.92 Å². The van der Waals surface area contributed by atoms with E-state index in [1.54, 1.807) is 0 Å². The van der Waals surface area contributed by atoms with Gasteiger partial charge in [-0.1, -0.05) is 0 Å². The number of carbonyl (C=O) groups is 1. The van der Waals surface area contributed by atoms with Crippen LogP contribution in [0.15, 0.2) is 22.6 Å². The molecule has 1 aliphatic rings. The molecule has 0 bridgehead atoms. The van der Waals surface area contributed by atoms with Crippen LogP contribution < -0.4 is 11.5 Å². The first kappa shape index (κ1) is 13.9. The zero-order chi connectivity index (χ0) is 14.8. The van der Waals surface area contributed by atoms with Crippen molar-refractivity contribution in [3.05, 3.63) is 24.1 Å². The number of benzene rings is 1. The minimum atomic E-state index is -0.204. The zero-order valence-electron chi connectivity index (χ0n) is 11.9. The third kappa shape index (κ3) is 3.33. The Morgan fingerprint density at radius 2 is 2.14 bits per heavy atom. The van der Waals surface area contributed by atoms with Gasteiger partial charge in [0.05, 0.1) is 6.54 Å². The van der Waals surface area contributed by atoms with E-state index in [9.17, 15) is 4.79 Å². The molecule has 6 nitrogen and oxygen atoms in total. The van der Waals surface area contributed by atoms with Gasteiger partial charge in [0.25, 0.3) is 0 Å². The molecule has 0 aliphatic carbocycles. The number of nitrogens with two attached hydrogens (primary N) is 2. The summed E-state index contributed by atoms with van der Waals surface area (Å²) in [6.45, 7) is 2.58. The molecule has 1 fully saturated rings. The first-order valence-electron chi connectivity index (χ1n) is 7.26. The number of piperidine rings is 1. The van der Waals surface area contributed by atoms with E-state index < -0.39 is 0 Å². The number of anilines is 1. The number of hydrogen-bond acceptors (Lipinski definition) is 5. The van der Waals surface area contributed by atoms with Crippen molar-refractivity contribution >= 4 is 22.7 Å². The lowest BCUT2D eigenvalue weighted by Crippen LogP contribution is -2.34. The normalized spacial score (nSPS) is 17.3. The predicted molar refractivity (Wildman–Crippen MR) is 80.2 cm³/mol. The van der Waals surface area contributed by atoms with Crippen molar-refractivity contribution in [2.75, 3.05) is 18.8 Å². The number of hydrogen-bond donors (Lipinski definition) is 2. The van der Waals surface area contributed by atoms with Crippen LogP contribution in [0.3, 0.4) is 0 Å². The van der Waals surface area contributed by atoms with Crippen molar-refractivity contribution in [3.8, 4) is 0 Å². The molecule has 0 radical (unpaired) electrons. The van der Waals surface area contributed by atoms with Crippen molar-refractivity contribution in [2.45, 2.75) is 25.8 Å². The van der Waals surface area contributed by atoms with Crippen LogP contribution in [0.1, 0.15) is 25.2 Å². The van der Waals surface area contributed by atoms with Gasteiger partial charge in [0.1, 0.15) is 5.52 Å². The van der Waals surface area contributed by atoms with Gasteiger partial charge in [-0.25, -0.2) is 4.98 Å². The predicted octanol–water partition coefficient (Wildman–Crippen LogP) is 1.50. The van der Waals surface area contributed by atoms with E-state index in [0.29, 0.717) is 30.5 Å². The SMILES string of the molecule is NC(=O)CC1CCN(Cc2nc3cc(N)ccc3o2)CC1. The van der Waals surface area contributed by atoms with Crippen LogP contribution in [0.2, 0.25) is 0 Å². The van der Waals surface area contributed by atoms with Crippen molar-refractivity contribution in [2.24, 2.45) is 11.7 Å². The summed E-state index contributed by atoms with van der Waals surface area (Å²) in [5.41, 5.74) is 13.2. The zero-order valence-corrected chi connectivity index (χ0v) is 11.9. The summed E-state index contributed by atoms with van der Waals surface area (Å²) in [4.78, 5) is 17.7. The van der Waals surface area contributed by atoms with Crippen molar-refractivity contribution < 1.29 is 9.21 Å². The topological polar surface area (TPSA) is 98.4 Å². The first-order chi connectivity index (χ1) is 10.1. The minimum absolute atomic E-state index is 0.204. The van der Waals surface area contributed by atoms with Gasteiger partial charge in [-0.15, -0.1) is 0 Å². The minimum Gasteiger partial charge on any atom is -0.439 e. The largest absolute Gasteiger partial charge is 0.439 e. The summed E-state index contributed by atoms with van der Waals surface area (Å²) >= 11 is 0. The molecule has 2 heterocycles. The highest BCUT2D eigenvalue weighted by atomic mass is 16.3. The molecule has 1 aromatic carbocycles. The summed E-state index contributed by atoms with van der Waals surface area (Å²) in [7, 11) is 0. The number of likely N-dealkylation sites (tertiary alicyclic amines) is 1. The van der Waals surface area contributed by atoms with E-state index in [1.807, 2.05) is 18.2 Å². The fraction of sp³-hybridized carbons (Fsp3) is 0.467. The van der Waals surface area contributed by atoms with Gasteiger partial charge in [0, 0.05) is 12.1 Å². The quantitative estimate of drug-likeness (QED) is 0.831. The van der Waals surface area contributed by atoms with E-state index in [-0.39, 0.29) is 5.91 Å². The fourth-order valence-corrected chi connectivity index (χ4v) is 2.88. The molecular formula is C15H20N4O2. The van der Waals surface area contributed by atoms with Crippen LogP contribution in [0.25, 0.3) is 11.1 Å². The summed E-state index contributed by atoms with van der Waals surface area (Å²) in [5.74, 6) is 0.927. The number of carbonyl (C=O) groups excluding carboxylic acids is 1. The van der Waals surface area contributed by atoms with Crippen LogP contribution in [-0.4, -0.2) is 28.9 Å². The monoisotopic (exact) mass is 288 g/mol. The average molecular weight is 288 g/mol. The summed E-state index contributed by atoms with van der Waals surface area (Å²) in [6, 6.07) is 5.48. The number of aromatic nitrogens is 1. The van der Waals surface area contributed by atoms with E-state index in [2.05, 4.69) is 9.88 Å². The maximum Gasteiger partial charge on any atom is 0.217 e. The molecule has 6 heteroatoms. The number of amides is 1. The first-order valence-corrected chi connectivity index (χ1v) is 7.26. The van der Waals surface area contributed by atoms with E-state index in [4.69, 9.17) is 15.9 Å². The Labute approximate surface area is 123 Å². The lowest BCUT2D eigenvalue weighted by atomic mass is 9.93. The maximum absolute atomic E-state index is 10.9.